The van der Waals surface area contributed by atoms with E-state index >= 15 is 0 Å². The molecule has 3 nitrogen and oxygen atoms in total. The van der Waals surface area contributed by atoms with Crippen LogP contribution in [0.5, 0.6) is 0 Å². The molecule has 0 unspecified atom stereocenters. The maximum absolute atomic E-state index is 5.64. The molecule has 0 aliphatic carbocycles. The molecule has 0 bridgehead atoms. The van der Waals surface area contributed by atoms with Crippen LogP contribution >= 0.6 is 34.0 Å². The zero-order chi connectivity index (χ0) is 33.7. The van der Waals surface area contributed by atoms with Crippen molar-refractivity contribution in [2.45, 2.75) is 0 Å². The summed E-state index contributed by atoms with van der Waals surface area (Å²) in [6, 6.07) is 51.1. The Morgan fingerprint density at radius 3 is 1.87 bits per heavy atom. The fourth-order valence-electron chi connectivity index (χ4n) is 8.65. The molecular weight excluding hydrogens is 691 g/mol. The second-order valence-electron chi connectivity index (χ2n) is 13.7. The SMILES string of the molecule is c1ccc2cc(-c3nc(-n4c5cc6c7ccccc7sc6c6ccc7cc8c9ccccc9sc8c4c7c65)nc4c3sc3ccccc34)ccc2c1. The van der Waals surface area contributed by atoms with Gasteiger partial charge in [-0.1, -0.05) is 103 Å². The summed E-state index contributed by atoms with van der Waals surface area (Å²) in [4.78, 5) is 11.2. The normalized spacial score (nSPS) is 12.6. The predicted octanol–water partition coefficient (Wildman–Crippen LogP) is 14.1. The first-order chi connectivity index (χ1) is 25.8. The lowest BCUT2D eigenvalue weighted by atomic mass is 9.98. The first kappa shape index (κ1) is 27.8. The smallest absolute Gasteiger partial charge is 0.235 e. The van der Waals surface area contributed by atoms with E-state index in [1.54, 1.807) is 11.3 Å². The van der Waals surface area contributed by atoms with Gasteiger partial charge in [0.05, 0.1) is 31.6 Å². The largest absolute Gasteiger partial charge is 0.276 e. The second kappa shape index (κ2) is 9.90. The molecule has 0 fully saturated rings. The topological polar surface area (TPSA) is 30.7 Å². The number of aromatic nitrogens is 3. The third-order valence-electron chi connectivity index (χ3n) is 10.9. The second-order valence-corrected chi connectivity index (χ2v) is 16.9. The summed E-state index contributed by atoms with van der Waals surface area (Å²) in [5, 5.41) is 13.9. The van der Waals surface area contributed by atoms with Gasteiger partial charge in [-0.2, -0.15) is 0 Å². The first-order valence-corrected chi connectivity index (χ1v) is 19.9. The van der Waals surface area contributed by atoms with E-state index in [2.05, 4.69) is 144 Å². The Labute approximate surface area is 307 Å². The van der Waals surface area contributed by atoms with Gasteiger partial charge in [-0.25, -0.2) is 9.97 Å². The van der Waals surface area contributed by atoms with E-state index in [1.807, 2.05) is 22.7 Å². The molecule has 8 aromatic carbocycles. The summed E-state index contributed by atoms with van der Waals surface area (Å²) in [6.45, 7) is 0. The number of hydrogen-bond donors (Lipinski definition) is 0. The van der Waals surface area contributed by atoms with E-state index in [0.29, 0.717) is 5.95 Å². The van der Waals surface area contributed by atoms with Crippen molar-refractivity contribution in [1.82, 2.24) is 14.5 Å². The number of hydrogen-bond acceptors (Lipinski definition) is 5. The maximum atomic E-state index is 5.64. The Balaban J connectivity index is 1.26. The fraction of sp³-hybridized carbons (Fsp3) is 0. The highest BCUT2D eigenvalue weighted by atomic mass is 32.1. The van der Waals surface area contributed by atoms with Crippen molar-refractivity contribution in [3.8, 4) is 17.2 Å². The van der Waals surface area contributed by atoms with Crippen LogP contribution in [0.25, 0.3) is 121 Å². The Morgan fingerprint density at radius 1 is 0.423 bits per heavy atom. The minimum Gasteiger partial charge on any atom is -0.276 e. The Morgan fingerprint density at radius 2 is 1.06 bits per heavy atom. The summed E-state index contributed by atoms with van der Waals surface area (Å²) in [6.07, 6.45) is 0. The van der Waals surface area contributed by atoms with E-state index in [9.17, 15) is 0 Å². The third-order valence-corrected chi connectivity index (χ3v) is 14.5. The zero-order valence-corrected chi connectivity index (χ0v) is 29.8. The van der Waals surface area contributed by atoms with Gasteiger partial charge in [0.15, 0.2) is 0 Å². The van der Waals surface area contributed by atoms with Gasteiger partial charge < -0.3 is 0 Å². The van der Waals surface area contributed by atoms with E-state index in [-0.39, 0.29) is 0 Å². The van der Waals surface area contributed by atoms with Gasteiger partial charge in [0, 0.05) is 67.5 Å². The van der Waals surface area contributed by atoms with E-state index in [4.69, 9.17) is 9.97 Å². The molecule has 5 heterocycles. The minimum atomic E-state index is 0.710. The molecule has 240 valence electrons. The van der Waals surface area contributed by atoms with Gasteiger partial charge in [-0.15, -0.1) is 34.0 Å². The lowest BCUT2D eigenvalue weighted by molar-refractivity contribution is 1.02. The van der Waals surface area contributed by atoms with Gasteiger partial charge in [0.1, 0.15) is 0 Å². The lowest BCUT2D eigenvalue weighted by Crippen LogP contribution is -2.03. The number of rotatable bonds is 2. The molecule has 52 heavy (non-hydrogen) atoms. The molecule has 0 amide bonds. The highest BCUT2D eigenvalue weighted by molar-refractivity contribution is 7.27. The van der Waals surface area contributed by atoms with Crippen molar-refractivity contribution in [3.63, 3.8) is 0 Å². The van der Waals surface area contributed by atoms with Crippen LogP contribution in [0.4, 0.5) is 0 Å². The average molecular weight is 714 g/mol. The van der Waals surface area contributed by atoms with E-state index in [1.165, 1.54) is 88.3 Å². The van der Waals surface area contributed by atoms with Gasteiger partial charge in [-0.3, -0.25) is 4.57 Å². The number of nitrogens with zero attached hydrogens (tertiary/aromatic N) is 3. The van der Waals surface area contributed by atoms with Crippen LogP contribution in [0.15, 0.2) is 140 Å². The summed E-state index contributed by atoms with van der Waals surface area (Å²) in [7, 11) is 0. The van der Waals surface area contributed by atoms with Crippen LogP contribution in [0.3, 0.4) is 0 Å². The Bertz CT molecular complexity index is 3650. The summed E-state index contributed by atoms with van der Waals surface area (Å²) in [5.41, 5.74) is 5.42. The molecule has 0 aliphatic rings. The summed E-state index contributed by atoms with van der Waals surface area (Å²) in [5.74, 6) is 0.710. The molecule has 0 radical (unpaired) electrons. The average Bonchev–Trinajstić information content (AvgIpc) is 3.95. The van der Waals surface area contributed by atoms with Crippen LogP contribution < -0.4 is 0 Å². The quantitative estimate of drug-likeness (QED) is 0.167. The summed E-state index contributed by atoms with van der Waals surface area (Å²) < 4.78 is 9.96. The predicted molar refractivity (Wildman–Crippen MR) is 227 cm³/mol. The zero-order valence-electron chi connectivity index (χ0n) is 27.3. The van der Waals surface area contributed by atoms with Crippen LogP contribution in [-0.2, 0) is 0 Å². The minimum absolute atomic E-state index is 0.710. The molecular formula is C46H23N3S3. The maximum Gasteiger partial charge on any atom is 0.235 e. The van der Waals surface area contributed by atoms with E-state index < -0.39 is 0 Å². The van der Waals surface area contributed by atoms with E-state index in [0.717, 1.165) is 27.0 Å². The first-order valence-electron chi connectivity index (χ1n) is 17.4. The molecule has 13 rings (SSSR count). The van der Waals surface area contributed by atoms with Gasteiger partial charge in [-0.05, 0) is 52.6 Å². The van der Waals surface area contributed by atoms with Crippen LogP contribution in [-0.4, -0.2) is 14.5 Å². The molecule has 6 heteroatoms. The van der Waals surface area contributed by atoms with Crippen LogP contribution in [0.2, 0.25) is 0 Å². The van der Waals surface area contributed by atoms with Crippen molar-refractivity contribution in [2.75, 3.05) is 0 Å². The van der Waals surface area contributed by atoms with Gasteiger partial charge in [0.25, 0.3) is 0 Å². The van der Waals surface area contributed by atoms with Crippen molar-refractivity contribution >= 4 is 138 Å². The number of benzene rings is 8. The standard InChI is InChI=1S/C46H23N3S3/c1-2-10-25-21-27(18-17-24(25)9-1)40-45-41(30-13-5-8-16-37(30)52-45)48-46(47-40)49-34-23-33-29-12-4-6-14-35(29)50-43(33)31-20-19-26-22-32-28-11-3-7-15-36(28)51-44(32)42(49)38(26)39(31)34/h1-23H. The monoisotopic (exact) mass is 713 g/mol. The van der Waals surface area contributed by atoms with Crippen molar-refractivity contribution in [2.24, 2.45) is 0 Å². The molecule has 13 aromatic rings. The Hall–Kier alpha value is -5.92. The highest BCUT2D eigenvalue weighted by Gasteiger charge is 2.26. The van der Waals surface area contributed by atoms with Crippen molar-refractivity contribution < 1.29 is 0 Å². The van der Waals surface area contributed by atoms with Crippen LogP contribution in [0, 0.1) is 0 Å². The molecule has 5 aromatic heterocycles. The van der Waals surface area contributed by atoms with Crippen molar-refractivity contribution in [3.05, 3.63) is 140 Å². The number of thiophene rings is 3. The number of fused-ring (bicyclic) bond motifs is 12. The molecule has 0 saturated heterocycles. The van der Waals surface area contributed by atoms with Crippen molar-refractivity contribution in [1.29, 1.82) is 0 Å². The molecule has 0 atom stereocenters. The third kappa shape index (κ3) is 3.54. The van der Waals surface area contributed by atoms with Gasteiger partial charge in [0.2, 0.25) is 5.95 Å². The summed E-state index contributed by atoms with van der Waals surface area (Å²) >= 11 is 5.56. The molecule has 0 N–H and O–H groups in total. The van der Waals surface area contributed by atoms with Gasteiger partial charge >= 0.3 is 0 Å². The Kier molecular flexibility index (Phi) is 5.28. The molecule has 0 saturated carbocycles. The van der Waals surface area contributed by atoms with Crippen LogP contribution in [0.1, 0.15) is 0 Å². The lowest BCUT2D eigenvalue weighted by Gasteiger charge is -2.11. The highest BCUT2D eigenvalue weighted by Crippen LogP contribution is 2.50. The molecule has 0 spiro atoms. The molecule has 0 aliphatic heterocycles. The fourth-order valence-corrected chi connectivity index (χ4v) is 12.2.